The van der Waals surface area contributed by atoms with Gasteiger partial charge in [-0.25, -0.2) is 4.79 Å². The molecule has 23 heavy (non-hydrogen) atoms. The Bertz CT molecular complexity index is 519. The van der Waals surface area contributed by atoms with Crippen LogP contribution in [0.2, 0.25) is 0 Å². The second-order valence-electron chi connectivity index (χ2n) is 5.75. The number of carbonyl (C=O) groups excluding carboxylic acids is 1. The van der Waals surface area contributed by atoms with Crippen molar-refractivity contribution in [2.45, 2.75) is 26.7 Å². The fraction of sp³-hybridized carbons (Fsp3) is 0.588. The number of likely N-dealkylation sites (tertiary alicyclic amines) is 1. The molecule has 2 rings (SSSR count). The summed E-state index contributed by atoms with van der Waals surface area (Å²) in [4.78, 5) is 11.7. The summed E-state index contributed by atoms with van der Waals surface area (Å²) >= 11 is 3.47. The Labute approximate surface area is 164 Å². The lowest BCUT2D eigenvalue weighted by atomic mass is 10.2. The fourth-order valence-electron chi connectivity index (χ4n) is 3.01. The van der Waals surface area contributed by atoms with Gasteiger partial charge in [0.25, 0.3) is 0 Å². The van der Waals surface area contributed by atoms with Gasteiger partial charge in [0.15, 0.2) is 0 Å². The molecule has 1 aliphatic rings. The first-order valence-electron chi connectivity index (χ1n) is 8.05. The van der Waals surface area contributed by atoms with Crippen molar-refractivity contribution in [3.63, 3.8) is 0 Å². The van der Waals surface area contributed by atoms with Gasteiger partial charge in [-0.15, -0.1) is 0 Å². The molecule has 130 valence electrons. The maximum absolute atomic E-state index is 11.7. The molecule has 0 aromatic heterocycles. The van der Waals surface area contributed by atoms with Gasteiger partial charge in [0.2, 0.25) is 0 Å². The summed E-state index contributed by atoms with van der Waals surface area (Å²) in [6.45, 7) is 9.89. The Morgan fingerprint density at radius 3 is 2.52 bits per heavy atom. The Morgan fingerprint density at radius 1 is 1.26 bits per heavy atom. The third kappa shape index (κ3) is 5.60. The van der Waals surface area contributed by atoms with Gasteiger partial charge in [-0.2, -0.15) is 0 Å². The quantitative estimate of drug-likeness (QED) is 0.315. The van der Waals surface area contributed by atoms with Crippen molar-refractivity contribution < 1.29 is 42.7 Å². The SMILES string of the molecule is CCOC(=O)c1ccc(OCC[N+]2(CC)CCCC2)c(Br)c1.[I-]. The number of quaternary nitrogens is 1. The van der Waals surface area contributed by atoms with E-state index in [1.165, 1.54) is 37.0 Å². The molecular weight excluding hydrogens is 473 g/mol. The lowest BCUT2D eigenvalue weighted by Gasteiger charge is -2.32. The molecule has 4 nitrogen and oxygen atoms in total. The van der Waals surface area contributed by atoms with Crippen LogP contribution in [0.25, 0.3) is 0 Å². The van der Waals surface area contributed by atoms with Crippen molar-refractivity contribution in [3.8, 4) is 5.75 Å². The first-order chi connectivity index (χ1) is 10.6. The number of carbonyl (C=O) groups is 1. The van der Waals surface area contributed by atoms with E-state index in [0.717, 1.165) is 16.8 Å². The molecule has 1 aromatic rings. The van der Waals surface area contributed by atoms with Crippen molar-refractivity contribution in [1.29, 1.82) is 0 Å². The molecule has 0 spiro atoms. The zero-order valence-electron chi connectivity index (χ0n) is 13.8. The first kappa shape index (κ1) is 20.7. The molecule has 0 N–H and O–H groups in total. The van der Waals surface area contributed by atoms with Crippen LogP contribution in [0.5, 0.6) is 5.75 Å². The lowest BCUT2D eigenvalue weighted by molar-refractivity contribution is -0.915. The summed E-state index contributed by atoms with van der Waals surface area (Å²) < 4.78 is 12.9. The summed E-state index contributed by atoms with van der Waals surface area (Å²) in [7, 11) is 0. The van der Waals surface area contributed by atoms with E-state index in [2.05, 4.69) is 22.9 Å². The van der Waals surface area contributed by atoms with Gasteiger partial charge in [0.05, 0.1) is 36.3 Å². The van der Waals surface area contributed by atoms with E-state index in [4.69, 9.17) is 9.47 Å². The van der Waals surface area contributed by atoms with Gasteiger partial charge in [-0.1, -0.05) is 0 Å². The van der Waals surface area contributed by atoms with E-state index in [-0.39, 0.29) is 29.9 Å². The van der Waals surface area contributed by atoms with Crippen molar-refractivity contribution in [3.05, 3.63) is 28.2 Å². The van der Waals surface area contributed by atoms with Gasteiger partial charge >= 0.3 is 5.97 Å². The normalized spacial score (nSPS) is 15.8. The van der Waals surface area contributed by atoms with Gasteiger partial charge in [0.1, 0.15) is 18.9 Å². The minimum absolute atomic E-state index is 0. The van der Waals surface area contributed by atoms with Gasteiger partial charge in [-0.05, 0) is 48.0 Å². The molecule has 0 unspecified atom stereocenters. The Morgan fingerprint density at radius 2 is 1.96 bits per heavy atom. The van der Waals surface area contributed by atoms with Crippen LogP contribution in [0.4, 0.5) is 0 Å². The molecule has 0 aliphatic carbocycles. The number of likely N-dealkylation sites (N-methyl/N-ethyl adjacent to an activating group) is 1. The van der Waals surface area contributed by atoms with E-state index in [1.54, 1.807) is 19.1 Å². The molecule has 0 bridgehead atoms. The number of ether oxygens (including phenoxy) is 2. The number of rotatable bonds is 7. The van der Waals surface area contributed by atoms with Crippen molar-refractivity contribution >= 4 is 21.9 Å². The average molecular weight is 498 g/mol. The summed E-state index contributed by atoms with van der Waals surface area (Å²) in [5.74, 6) is 0.476. The topological polar surface area (TPSA) is 35.5 Å². The molecular formula is C17H25BrINO3. The van der Waals surface area contributed by atoms with E-state index >= 15 is 0 Å². The molecule has 1 aliphatic heterocycles. The fourth-order valence-corrected chi connectivity index (χ4v) is 3.51. The maximum Gasteiger partial charge on any atom is 0.338 e. The van der Waals surface area contributed by atoms with E-state index < -0.39 is 0 Å². The Balaban J connectivity index is 0.00000264. The molecule has 1 saturated heterocycles. The summed E-state index contributed by atoms with van der Waals surface area (Å²) in [6, 6.07) is 5.34. The molecule has 0 radical (unpaired) electrons. The molecule has 0 amide bonds. The van der Waals surface area contributed by atoms with Crippen LogP contribution in [0.1, 0.15) is 37.0 Å². The van der Waals surface area contributed by atoms with Crippen molar-refractivity contribution in [2.24, 2.45) is 0 Å². The maximum atomic E-state index is 11.7. The molecule has 1 heterocycles. The standard InChI is InChI=1S/C17H25BrNO3.HI/c1-3-19(9-5-6-10-19)11-12-22-16-8-7-14(13-15(16)18)17(20)21-4-2;/h7-8,13H,3-6,9-12H2,1-2H3;1H/q+1;/p-1. The van der Waals surface area contributed by atoms with Crippen LogP contribution in [0, 0.1) is 0 Å². The molecule has 1 aromatic carbocycles. The minimum Gasteiger partial charge on any atom is -1.00 e. The van der Waals surface area contributed by atoms with Crippen molar-refractivity contribution in [2.75, 3.05) is 39.4 Å². The zero-order valence-corrected chi connectivity index (χ0v) is 17.6. The van der Waals surface area contributed by atoms with Gasteiger partial charge in [-0.3, -0.25) is 0 Å². The number of benzene rings is 1. The summed E-state index contributed by atoms with van der Waals surface area (Å²) in [6.07, 6.45) is 2.65. The predicted octanol–water partition coefficient (Wildman–Crippen LogP) is 0.639. The molecule has 6 heteroatoms. The van der Waals surface area contributed by atoms with Gasteiger partial charge < -0.3 is 37.9 Å². The van der Waals surface area contributed by atoms with E-state index in [0.29, 0.717) is 18.8 Å². The molecule has 1 fully saturated rings. The van der Waals surface area contributed by atoms with Crippen LogP contribution in [-0.2, 0) is 4.74 Å². The summed E-state index contributed by atoms with van der Waals surface area (Å²) in [5.41, 5.74) is 0.540. The lowest BCUT2D eigenvalue weighted by Crippen LogP contribution is -3.00. The smallest absolute Gasteiger partial charge is 0.338 e. The number of esters is 1. The van der Waals surface area contributed by atoms with Gasteiger partial charge in [0, 0.05) is 12.8 Å². The largest absolute Gasteiger partial charge is 1.00 e. The highest BCUT2D eigenvalue weighted by Crippen LogP contribution is 2.27. The van der Waals surface area contributed by atoms with Crippen molar-refractivity contribution in [1.82, 2.24) is 0 Å². The third-order valence-electron chi connectivity index (χ3n) is 4.45. The third-order valence-corrected chi connectivity index (χ3v) is 5.07. The number of hydrogen-bond acceptors (Lipinski definition) is 3. The predicted molar refractivity (Wildman–Crippen MR) is 90.2 cm³/mol. The number of hydrogen-bond donors (Lipinski definition) is 0. The highest BCUT2D eigenvalue weighted by molar-refractivity contribution is 9.10. The highest BCUT2D eigenvalue weighted by Gasteiger charge is 2.29. The number of nitrogens with zero attached hydrogens (tertiary/aromatic N) is 1. The minimum atomic E-state index is -0.303. The second kappa shape index (κ2) is 9.84. The van der Waals surface area contributed by atoms with E-state index in [9.17, 15) is 4.79 Å². The monoisotopic (exact) mass is 497 g/mol. The van der Waals surface area contributed by atoms with Crippen LogP contribution in [0.3, 0.4) is 0 Å². The van der Waals surface area contributed by atoms with E-state index in [1.807, 2.05) is 6.07 Å². The van der Waals surface area contributed by atoms with Crippen LogP contribution < -0.4 is 28.7 Å². The molecule has 0 saturated carbocycles. The zero-order chi connectivity index (χ0) is 16.0. The first-order valence-corrected chi connectivity index (χ1v) is 8.84. The Hall–Kier alpha value is -0.340. The summed E-state index contributed by atoms with van der Waals surface area (Å²) in [5, 5.41) is 0. The Kier molecular flexibility index (Phi) is 8.85. The van der Waals surface area contributed by atoms with Crippen LogP contribution in [0.15, 0.2) is 22.7 Å². The second-order valence-corrected chi connectivity index (χ2v) is 6.60. The molecule has 0 atom stereocenters. The highest BCUT2D eigenvalue weighted by atomic mass is 127. The average Bonchev–Trinajstić information content (AvgIpc) is 2.98. The van der Waals surface area contributed by atoms with Crippen LogP contribution >= 0.6 is 15.9 Å². The van der Waals surface area contributed by atoms with Crippen LogP contribution in [-0.4, -0.2) is 49.8 Å². The number of halogens is 2.